The smallest absolute Gasteiger partial charge is 0.344 e. The van der Waals surface area contributed by atoms with Crippen molar-refractivity contribution in [1.29, 1.82) is 0 Å². The van der Waals surface area contributed by atoms with Crippen LogP contribution in [0, 0.1) is 0 Å². The van der Waals surface area contributed by atoms with Crippen LogP contribution in [0.2, 0.25) is 0 Å². The summed E-state index contributed by atoms with van der Waals surface area (Å²) in [5, 5.41) is 0. The van der Waals surface area contributed by atoms with Gasteiger partial charge in [0.25, 0.3) is 0 Å². The molecule has 7 heteroatoms. The van der Waals surface area contributed by atoms with Crippen molar-refractivity contribution in [3.8, 4) is 0 Å². The molecule has 3 rings (SSSR count). The minimum absolute atomic E-state index is 0.220. The van der Waals surface area contributed by atoms with Crippen molar-refractivity contribution in [1.82, 2.24) is 14.5 Å². The van der Waals surface area contributed by atoms with E-state index in [9.17, 15) is 4.79 Å². The van der Waals surface area contributed by atoms with Crippen LogP contribution in [0.15, 0.2) is 36.9 Å². The molecule has 2 heterocycles. The Kier molecular flexibility index (Phi) is 4.67. The Hall–Kier alpha value is -2.93. The van der Waals surface area contributed by atoms with E-state index in [0.29, 0.717) is 29.8 Å². The van der Waals surface area contributed by atoms with Crippen LogP contribution in [0.25, 0.3) is 22.2 Å². The van der Waals surface area contributed by atoms with Crippen molar-refractivity contribution < 1.29 is 14.3 Å². The second-order valence-electron chi connectivity index (χ2n) is 5.72. The first-order valence-corrected chi connectivity index (χ1v) is 7.92. The minimum atomic E-state index is -0.542. The van der Waals surface area contributed by atoms with Gasteiger partial charge in [0.15, 0.2) is 5.65 Å². The first kappa shape index (κ1) is 16.9. The van der Waals surface area contributed by atoms with Gasteiger partial charge < -0.3 is 19.8 Å². The monoisotopic (exact) mass is 340 g/mol. The highest BCUT2D eigenvalue weighted by atomic mass is 16.6. The van der Waals surface area contributed by atoms with Gasteiger partial charge in [-0.25, -0.2) is 14.8 Å². The highest BCUT2D eigenvalue weighted by molar-refractivity contribution is 6.08. The summed E-state index contributed by atoms with van der Waals surface area (Å²) in [5.74, 6) is -0.278. The Morgan fingerprint density at radius 2 is 2.04 bits per heavy atom. The fourth-order valence-corrected chi connectivity index (χ4v) is 2.74. The molecule has 0 unspecified atom stereocenters. The van der Waals surface area contributed by atoms with E-state index in [4.69, 9.17) is 15.2 Å². The molecule has 0 amide bonds. The first-order chi connectivity index (χ1) is 12.1. The number of ether oxygens (including phenoxy) is 2. The van der Waals surface area contributed by atoms with Crippen LogP contribution in [0.4, 0.5) is 5.82 Å². The SMILES string of the molecule is C=CCn1c(N)c(C(=O)O[C@@H](C)COC)c2nc3ccccc3nc21. The maximum Gasteiger partial charge on any atom is 0.344 e. The average molecular weight is 340 g/mol. The number of fused-ring (bicyclic) bond motifs is 2. The lowest BCUT2D eigenvalue weighted by molar-refractivity contribution is 0.0123. The molecular formula is C18H20N4O3. The zero-order valence-electron chi connectivity index (χ0n) is 14.2. The largest absolute Gasteiger partial charge is 0.456 e. The van der Waals surface area contributed by atoms with Crippen LogP contribution in [0.1, 0.15) is 17.3 Å². The summed E-state index contributed by atoms with van der Waals surface area (Å²) in [6, 6.07) is 7.45. The Labute approximate surface area is 145 Å². The molecule has 0 aliphatic carbocycles. The fraction of sp³-hybridized carbons (Fsp3) is 0.278. The number of rotatable bonds is 6. The second-order valence-corrected chi connectivity index (χ2v) is 5.72. The van der Waals surface area contributed by atoms with Gasteiger partial charge in [-0.2, -0.15) is 0 Å². The van der Waals surface area contributed by atoms with Gasteiger partial charge in [0.1, 0.15) is 23.0 Å². The number of aromatic nitrogens is 3. The predicted molar refractivity (Wildman–Crippen MR) is 96.4 cm³/mol. The Balaban J connectivity index is 2.19. The summed E-state index contributed by atoms with van der Waals surface area (Å²) in [5.41, 5.74) is 8.80. The molecule has 3 aromatic rings. The van der Waals surface area contributed by atoms with Crippen molar-refractivity contribution in [3.05, 3.63) is 42.5 Å². The number of carbonyl (C=O) groups is 1. The summed E-state index contributed by atoms with van der Waals surface area (Å²) in [7, 11) is 1.55. The highest BCUT2D eigenvalue weighted by Crippen LogP contribution is 2.28. The molecule has 2 N–H and O–H groups in total. The third-order valence-corrected chi connectivity index (χ3v) is 3.82. The molecule has 0 aliphatic rings. The summed E-state index contributed by atoms with van der Waals surface area (Å²) < 4.78 is 12.1. The third kappa shape index (κ3) is 3.06. The number of hydrogen-bond donors (Lipinski definition) is 1. The van der Waals surface area contributed by atoms with Gasteiger partial charge in [0, 0.05) is 13.7 Å². The lowest BCUT2D eigenvalue weighted by atomic mass is 10.2. The topological polar surface area (TPSA) is 92.3 Å². The standard InChI is InChI=1S/C18H20N4O3/c1-4-9-22-16(19)14(18(23)25-11(2)10-24-3)15-17(22)21-13-8-6-5-7-12(13)20-15/h4-8,11H,1,9-10,19H2,2-3H3/t11-/m0/s1. The molecule has 2 aromatic heterocycles. The predicted octanol–water partition coefficient (Wildman–Crippen LogP) is 2.54. The average Bonchev–Trinajstić information content (AvgIpc) is 2.85. The highest BCUT2D eigenvalue weighted by Gasteiger charge is 2.25. The molecule has 0 spiro atoms. The number of benzene rings is 1. The maximum atomic E-state index is 12.7. The van der Waals surface area contributed by atoms with E-state index >= 15 is 0 Å². The van der Waals surface area contributed by atoms with Gasteiger partial charge in [-0.3, -0.25) is 0 Å². The van der Waals surface area contributed by atoms with Crippen LogP contribution in [-0.4, -0.2) is 40.3 Å². The number of carbonyl (C=O) groups excluding carboxylic acids is 1. The number of nitrogens with two attached hydrogens (primary N) is 1. The van der Waals surface area contributed by atoms with Gasteiger partial charge in [0.2, 0.25) is 0 Å². The van der Waals surface area contributed by atoms with Gasteiger partial charge in [-0.1, -0.05) is 18.2 Å². The molecule has 0 radical (unpaired) electrons. The number of para-hydroxylation sites is 2. The van der Waals surface area contributed by atoms with Gasteiger partial charge >= 0.3 is 5.97 Å². The van der Waals surface area contributed by atoms with E-state index in [1.54, 1.807) is 24.7 Å². The lowest BCUT2D eigenvalue weighted by Crippen LogP contribution is -2.20. The van der Waals surface area contributed by atoms with Crippen LogP contribution in [0.3, 0.4) is 0 Å². The van der Waals surface area contributed by atoms with Crippen LogP contribution in [-0.2, 0) is 16.0 Å². The number of allylic oxidation sites excluding steroid dienone is 1. The van der Waals surface area contributed by atoms with Crippen molar-refractivity contribution in [3.63, 3.8) is 0 Å². The van der Waals surface area contributed by atoms with Crippen LogP contribution < -0.4 is 5.73 Å². The molecule has 0 saturated heterocycles. The summed E-state index contributed by atoms with van der Waals surface area (Å²) in [4.78, 5) is 21.9. The van der Waals surface area contributed by atoms with Crippen molar-refractivity contribution in [2.24, 2.45) is 0 Å². The number of nitrogens with zero attached hydrogens (tertiary/aromatic N) is 3. The van der Waals surface area contributed by atoms with Crippen LogP contribution in [0.5, 0.6) is 0 Å². The molecule has 0 aliphatic heterocycles. The van der Waals surface area contributed by atoms with E-state index < -0.39 is 12.1 Å². The Morgan fingerprint density at radius 3 is 2.68 bits per heavy atom. The van der Waals surface area contributed by atoms with Crippen molar-refractivity contribution >= 4 is 34.0 Å². The second kappa shape index (κ2) is 6.90. The molecule has 0 fully saturated rings. The minimum Gasteiger partial charge on any atom is -0.456 e. The van der Waals surface area contributed by atoms with E-state index in [0.717, 1.165) is 5.52 Å². The van der Waals surface area contributed by atoms with Gasteiger partial charge in [-0.15, -0.1) is 6.58 Å². The molecule has 130 valence electrons. The van der Waals surface area contributed by atoms with Gasteiger partial charge in [0.05, 0.1) is 17.6 Å². The number of nitrogen functional groups attached to an aromatic ring is 1. The molecule has 1 aromatic carbocycles. The van der Waals surface area contributed by atoms with Crippen molar-refractivity contribution in [2.45, 2.75) is 19.6 Å². The van der Waals surface area contributed by atoms with E-state index in [2.05, 4.69) is 16.5 Å². The first-order valence-electron chi connectivity index (χ1n) is 7.92. The molecule has 25 heavy (non-hydrogen) atoms. The normalized spacial score (nSPS) is 12.4. The summed E-state index contributed by atoms with van der Waals surface area (Å²) in [6.07, 6.45) is 1.29. The molecular weight excluding hydrogens is 320 g/mol. The quantitative estimate of drug-likeness (QED) is 0.547. The Bertz CT molecular complexity index is 948. The maximum absolute atomic E-state index is 12.7. The van der Waals surface area contributed by atoms with Crippen molar-refractivity contribution in [2.75, 3.05) is 19.5 Å². The summed E-state index contributed by atoms with van der Waals surface area (Å²) in [6.45, 7) is 6.20. The van der Waals surface area contributed by atoms with E-state index in [-0.39, 0.29) is 11.4 Å². The zero-order chi connectivity index (χ0) is 18.0. The summed E-state index contributed by atoms with van der Waals surface area (Å²) >= 11 is 0. The molecule has 0 saturated carbocycles. The number of anilines is 1. The van der Waals surface area contributed by atoms with E-state index in [1.165, 1.54) is 0 Å². The lowest BCUT2D eigenvalue weighted by Gasteiger charge is -2.12. The third-order valence-electron chi connectivity index (χ3n) is 3.82. The van der Waals surface area contributed by atoms with Gasteiger partial charge in [-0.05, 0) is 19.1 Å². The number of methoxy groups -OCH3 is 1. The number of esters is 1. The fourth-order valence-electron chi connectivity index (χ4n) is 2.74. The molecule has 1 atom stereocenters. The number of hydrogen-bond acceptors (Lipinski definition) is 6. The molecule has 0 bridgehead atoms. The zero-order valence-corrected chi connectivity index (χ0v) is 14.2. The van der Waals surface area contributed by atoms with E-state index in [1.807, 2.05) is 24.3 Å². The Morgan fingerprint density at radius 1 is 1.36 bits per heavy atom. The molecule has 7 nitrogen and oxygen atoms in total. The van der Waals surface area contributed by atoms with Crippen LogP contribution >= 0.6 is 0 Å².